The van der Waals surface area contributed by atoms with Crippen LogP contribution in [-0.4, -0.2) is 25.4 Å². The number of ether oxygens (including phenoxy) is 3. The van der Waals surface area contributed by atoms with Gasteiger partial charge in [0.15, 0.2) is 11.5 Å². The number of hydrogen-bond acceptors (Lipinski definition) is 4. The SMILES string of the molecule is CC1(C(N)c2ccc3c(c2)OCCCO3)CCCO1. The van der Waals surface area contributed by atoms with E-state index in [0.29, 0.717) is 13.2 Å². The summed E-state index contributed by atoms with van der Waals surface area (Å²) in [5.74, 6) is 1.61. The lowest BCUT2D eigenvalue weighted by Gasteiger charge is -2.31. The first kappa shape index (κ1) is 12.8. The van der Waals surface area contributed by atoms with Crippen molar-refractivity contribution in [1.82, 2.24) is 0 Å². The van der Waals surface area contributed by atoms with Crippen LogP contribution in [0.15, 0.2) is 18.2 Å². The van der Waals surface area contributed by atoms with Crippen molar-refractivity contribution in [2.24, 2.45) is 5.73 Å². The van der Waals surface area contributed by atoms with Crippen LogP contribution in [0.2, 0.25) is 0 Å². The van der Waals surface area contributed by atoms with Gasteiger partial charge >= 0.3 is 0 Å². The number of fused-ring (bicyclic) bond motifs is 1. The second-order valence-electron chi connectivity index (χ2n) is 5.50. The van der Waals surface area contributed by atoms with Gasteiger partial charge in [-0.3, -0.25) is 0 Å². The summed E-state index contributed by atoms with van der Waals surface area (Å²) in [6.07, 6.45) is 2.99. The van der Waals surface area contributed by atoms with E-state index in [-0.39, 0.29) is 11.6 Å². The second kappa shape index (κ2) is 5.02. The van der Waals surface area contributed by atoms with E-state index in [1.807, 2.05) is 18.2 Å². The van der Waals surface area contributed by atoms with E-state index in [2.05, 4.69) is 6.92 Å². The van der Waals surface area contributed by atoms with Gasteiger partial charge in [-0.1, -0.05) is 6.07 Å². The maximum Gasteiger partial charge on any atom is 0.161 e. The highest BCUT2D eigenvalue weighted by Gasteiger charge is 2.37. The highest BCUT2D eigenvalue weighted by atomic mass is 16.5. The fraction of sp³-hybridized carbons (Fsp3) is 0.600. The fourth-order valence-electron chi connectivity index (χ4n) is 2.77. The van der Waals surface area contributed by atoms with E-state index < -0.39 is 0 Å². The molecule has 0 spiro atoms. The molecule has 2 aliphatic rings. The Morgan fingerprint density at radius 1 is 1.11 bits per heavy atom. The molecule has 2 aliphatic heterocycles. The molecule has 0 aromatic heterocycles. The number of benzene rings is 1. The fourth-order valence-corrected chi connectivity index (χ4v) is 2.77. The molecule has 2 heterocycles. The maximum absolute atomic E-state index is 6.39. The number of rotatable bonds is 2. The van der Waals surface area contributed by atoms with Gasteiger partial charge in [0.1, 0.15) is 0 Å². The smallest absolute Gasteiger partial charge is 0.161 e. The van der Waals surface area contributed by atoms with Crippen LogP contribution in [0.25, 0.3) is 0 Å². The molecule has 4 nitrogen and oxygen atoms in total. The van der Waals surface area contributed by atoms with E-state index in [9.17, 15) is 0 Å². The van der Waals surface area contributed by atoms with Crippen LogP contribution in [0.1, 0.15) is 37.8 Å². The molecule has 2 N–H and O–H groups in total. The number of hydrogen-bond donors (Lipinski definition) is 1. The first-order chi connectivity index (χ1) is 9.19. The van der Waals surface area contributed by atoms with E-state index in [4.69, 9.17) is 19.9 Å². The summed E-state index contributed by atoms with van der Waals surface area (Å²) in [6, 6.07) is 5.84. The largest absolute Gasteiger partial charge is 0.490 e. The Hall–Kier alpha value is -1.26. The van der Waals surface area contributed by atoms with Gasteiger partial charge in [-0.15, -0.1) is 0 Å². The summed E-state index contributed by atoms with van der Waals surface area (Å²) in [5, 5.41) is 0. The summed E-state index contributed by atoms with van der Waals surface area (Å²) in [4.78, 5) is 0. The Morgan fingerprint density at radius 3 is 2.63 bits per heavy atom. The third-order valence-corrected chi connectivity index (χ3v) is 4.04. The Morgan fingerprint density at radius 2 is 1.89 bits per heavy atom. The van der Waals surface area contributed by atoms with E-state index in [1.54, 1.807) is 0 Å². The molecule has 19 heavy (non-hydrogen) atoms. The molecule has 1 aromatic carbocycles. The normalized spacial score (nSPS) is 27.9. The zero-order chi connectivity index (χ0) is 13.3. The van der Waals surface area contributed by atoms with Crippen molar-refractivity contribution in [3.05, 3.63) is 23.8 Å². The van der Waals surface area contributed by atoms with E-state index >= 15 is 0 Å². The van der Waals surface area contributed by atoms with E-state index in [1.165, 1.54) is 0 Å². The second-order valence-corrected chi connectivity index (χ2v) is 5.50. The first-order valence-corrected chi connectivity index (χ1v) is 6.98. The van der Waals surface area contributed by atoms with Crippen LogP contribution in [0, 0.1) is 0 Å². The Bertz CT molecular complexity index is 455. The van der Waals surface area contributed by atoms with Crippen LogP contribution in [0.4, 0.5) is 0 Å². The van der Waals surface area contributed by atoms with Gasteiger partial charge in [-0.05, 0) is 37.5 Å². The topological polar surface area (TPSA) is 53.7 Å². The van der Waals surface area contributed by atoms with Crippen LogP contribution in [-0.2, 0) is 4.74 Å². The molecule has 104 valence electrons. The quantitative estimate of drug-likeness (QED) is 0.890. The minimum atomic E-state index is -0.264. The van der Waals surface area contributed by atoms with Crippen molar-refractivity contribution < 1.29 is 14.2 Å². The van der Waals surface area contributed by atoms with Crippen LogP contribution in [0.5, 0.6) is 11.5 Å². The zero-order valence-electron chi connectivity index (χ0n) is 11.4. The molecule has 0 saturated carbocycles. The summed E-state index contributed by atoms with van der Waals surface area (Å²) < 4.78 is 17.2. The van der Waals surface area contributed by atoms with Crippen molar-refractivity contribution in [3.63, 3.8) is 0 Å². The lowest BCUT2D eigenvalue weighted by Crippen LogP contribution is -2.37. The maximum atomic E-state index is 6.39. The zero-order valence-corrected chi connectivity index (χ0v) is 11.4. The molecule has 0 bridgehead atoms. The van der Waals surface area contributed by atoms with Gasteiger partial charge in [-0.2, -0.15) is 0 Å². The predicted molar refractivity (Wildman–Crippen MR) is 72.6 cm³/mol. The monoisotopic (exact) mass is 263 g/mol. The molecule has 3 rings (SSSR count). The predicted octanol–water partition coefficient (Wildman–Crippen LogP) is 2.42. The summed E-state index contributed by atoms with van der Waals surface area (Å²) in [7, 11) is 0. The van der Waals surface area contributed by atoms with Crippen molar-refractivity contribution in [2.75, 3.05) is 19.8 Å². The molecule has 1 saturated heterocycles. The molecule has 1 aromatic rings. The van der Waals surface area contributed by atoms with Gasteiger partial charge in [-0.25, -0.2) is 0 Å². The van der Waals surface area contributed by atoms with Gasteiger partial charge in [0, 0.05) is 13.0 Å². The number of nitrogens with two attached hydrogens (primary N) is 1. The molecular weight excluding hydrogens is 242 g/mol. The molecule has 2 unspecified atom stereocenters. The highest BCUT2D eigenvalue weighted by Crippen LogP contribution is 2.39. The summed E-state index contributed by atoms with van der Waals surface area (Å²) in [6.45, 7) is 4.29. The molecule has 4 heteroatoms. The van der Waals surface area contributed by atoms with Crippen molar-refractivity contribution in [3.8, 4) is 11.5 Å². The lowest BCUT2D eigenvalue weighted by molar-refractivity contribution is -0.00178. The molecule has 0 aliphatic carbocycles. The minimum absolute atomic E-state index is 0.132. The lowest BCUT2D eigenvalue weighted by atomic mass is 9.88. The Balaban J connectivity index is 1.87. The standard InChI is InChI=1S/C15H21NO3/c1-15(6-2-9-19-15)14(16)11-4-5-12-13(10-11)18-8-3-7-17-12/h4-5,10,14H,2-3,6-9,16H2,1H3. The Kier molecular flexibility index (Phi) is 3.37. The minimum Gasteiger partial charge on any atom is -0.490 e. The van der Waals surface area contributed by atoms with Crippen molar-refractivity contribution in [1.29, 1.82) is 0 Å². The van der Waals surface area contributed by atoms with Crippen LogP contribution >= 0.6 is 0 Å². The van der Waals surface area contributed by atoms with Crippen LogP contribution in [0.3, 0.4) is 0 Å². The van der Waals surface area contributed by atoms with E-state index in [0.717, 1.165) is 42.9 Å². The average molecular weight is 263 g/mol. The molecule has 1 fully saturated rings. The highest BCUT2D eigenvalue weighted by molar-refractivity contribution is 5.44. The molecule has 0 radical (unpaired) electrons. The van der Waals surface area contributed by atoms with Gasteiger partial charge in [0.2, 0.25) is 0 Å². The third kappa shape index (κ3) is 2.42. The third-order valence-electron chi connectivity index (χ3n) is 4.04. The molecule has 0 amide bonds. The van der Waals surface area contributed by atoms with Gasteiger partial charge < -0.3 is 19.9 Å². The average Bonchev–Trinajstić information content (AvgIpc) is 2.74. The van der Waals surface area contributed by atoms with Crippen molar-refractivity contribution in [2.45, 2.75) is 37.8 Å². The summed E-state index contributed by atoms with van der Waals surface area (Å²) in [5.41, 5.74) is 7.17. The first-order valence-electron chi connectivity index (χ1n) is 6.98. The molecule has 2 atom stereocenters. The van der Waals surface area contributed by atoms with Gasteiger partial charge in [0.05, 0.1) is 24.9 Å². The van der Waals surface area contributed by atoms with Gasteiger partial charge in [0.25, 0.3) is 0 Å². The Labute approximate surface area is 113 Å². The summed E-state index contributed by atoms with van der Waals surface area (Å²) >= 11 is 0. The molecular formula is C15H21NO3. The van der Waals surface area contributed by atoms with Crippen LogP contribution < -0.4 is 15.2 Å². The van der Waals surface area contributed by atoms with Crippen molar-refractivity contribution >= 4 is 0 Å².